The summed E-state index contributed by atoms with van der Waals surface area (Å²) in [5.41, 5.74) is 5.68. The lowest BCUT2D eigenvalue weighted by molar-refractivity contribution is 0.0758. The lowest BCUT2D eigenvalue weighted by atomic mass is 10.2. The van der Waals surface area contributed by atoms with Gasteiger partial charge in [0.2, 0.25) is 0 Å². The maximum atomic E-state index is 13.0. The molecule has 94 valence electrons. The molecule has 6 heteroatoms. The molecule has 1 unspecified atom stereocenters. The van der Waals surface area contributed by atoms with Crippen LogP contribution in [0.3, 0.4) is 0 Å². The molecule has 1 amide bonds. The van der Waals surface area contributed by atoms with Crippen LogP contribution < -0.4 is 5.73 Å². The summed E-state index contributed by atoms with van der Waals surface area (Å²) in [6.45, 7) is 1.93. The van der Waals surface area contributed by atoms with E-state index in [1.54, 1.807) is 23.7 Å². The van der Waals surface area contributed by atoms with Crippen LogP contribution in [-0.2, 0) is 0 Å². The van der Waals surface area contributed by atoms with Crippen LogP contribution in [0.4, 0.5) is 10.2 Å². The molecule has 0 saturated heterocycles. The number of carbonyl (C=O) groups excluding carboxylic acids is 1. The van der Waals surface area contributed by atoms with Gasteiger partial charge in [0.15, 0.2) is 0 Å². The van der Waals surface area contributed by atoms with Crippen molar-refractivity contribution in [2.24, 2.45) is 0 Å². The van der Waals surface area contributed by atoms with Gasteiger partial charge in [0.25, 0.3) is 5.91 Å². The zero-order valence-electron chi connectivity index (χ0n) is 10.1. The molecule has 0 aliphatic rings. The van der Waals surface area contributed by atoms with Crippen molar-refractivity contribution in [1.29, 1.82) is 0 Å². The van der Waals surface area contributed by atoms with E-state index in [2.05, 4.69) is 4.98 Å². The predicted molar refractivity (Wildman–Crippen MR) is 68.5 cm³/mol. The van der Waals surface area contributed by atoms with Crippen molar-refractivity contribution in [3.8, 4) is 0 Å². The Morgan fingerprint density at radius 3 is 2.94 bits per heavy atom. The lowest BCUT2D eigenvalue weighted by Crippen LogP contribution is -2.37. The number of anilines is 1. The van der Waals surface area contributed by atoms with Gasteiger partial charge in [-0.05, 0) is 19.2 Å². The number of amides is 1. The fourth-order valence-corrected chi connectivity index (χ4v) is 2.07. The number of pyridine rings is 1. The van der Waals surface area contributed by atoms with Crippen LogP contribution >= 0.6 is 11.8 Å². The van der Waals surface area contributed by atoms with Crippen molar-refractivity contribution >= 4 is 23.5 Å². The number of nitrogen functional groups attached to an aromatic ring is 1. The van der Waals surface area contributed by atoms with E-state index in [4.69, 9.17) is 5.73 Å². The third-order valence-electron chi connectivity index (χ3n) is 2.50. The molecule has 0 spiro atoms. The largest absolute Gasteiger partial charge is 0.383 e. The molecule has 1 aromatic heterocycles. The Bertz CT molecular complexity index is 414. The SMILES string of the molecule is CSCC(C)N(C)C(=O)c1cc(F)cnc1N. The van der Waals surface area contributed by atoms with Crippen LogP contribution in [-0.4, -0.2) is 40.9 Å². The zero-order valence-corrected chi connectivity index (χ0v) is 10.9. The number of carbonyl (C=O) groups is 1. The summed E-state index contributed by atoms with van der Waals surface area (Å²) < 4.78 is 13.0. The number of aromatic nitrogens is 1. The fourth-order valence-electron chi connectivity index (χ4n) is 1.36. The molecule has 4 nitrogen and oxygen atoms in total. The van der Waals surface area contributed by atoms with Crippen molar-refractivity contribution in [2.45, 2.75) is 13.0 Å². The van der Waals surface area contributed by atoms with E-state index in [0.717, 1.165) is 18.0 Å². The lowest BCUT2D eigenvalue weighted by Gasteiger charge is -2.24. The molecule has 1 rings (SSSR count). The molecule has 0 radical (unpaired) electrons. The third kappa shape index (κ3) is 3.33. The van der Waals surface area contributed by atoms with Gasteiger partial charge in [-0.15, -0.1) is 0 Å². The van der Waals surface area contributed by atoms with E-state index in [1.165, 1.54) is 0 Å². The van der Waals surface area contributed by atoms with Crippen molar-refractivity contribution in [3.05, 3.63) is 23.6 Å². The summed E-state index contributed by atoms with van der Waals surface area (Å²) in [7, 11) is 1.67. The number of thioether (sulfide) groups is 1. The highest BCUT2D eigenvalue weighted by molar-refractivity contribution is 7.98. The summed E-state index contributed by atoms with van der Waals surface area (Å²) in [5, 5.41) is 0. The molecule has 1 aromatic rings. The van der Waals surface area contributed by atoms with Crippen LogP contribution in [0.1, 0.15) is 17.3 Å². The van der Waals surface area contributed by atoms with Gasteiger partial charge in [-0.25, -0.2) is 9.37 Å². The Hall–Kier alpha value is -1.30. The third-order valence-corrected chi connectivity index (χ3v) is 3.32. The van der Waals surface area contributed by atoms with Crippen LogP contribution in [0.25, 0.3) is 0 Å². The maximum Gasteiger partial charge on any atom is 0.257 e. The molecular weight excluding hydrogens is 241 g/mol. The first-order valence-corrected chi connectivity index (χ1v) is 6.54. The van der Waals surface area contributed by atoms with E-state index >= 15 is 0 Å². The highest BCUT2D eigenvalue weighted by Gasteiger charge is 2.20. The summed E-state index contributed by atoms with van der Waals surface area (Å²) in [5.74, 6) is -0.00522. The van der Waals surface area contributed by atoms with Crippen molar-refractivity contribution in [1.82, 2.24) is 9.88 Å². The maximum absolute atomic E-state index is 13.0. The first-order valence-electron chi connectivity index (χ1n) is 5.14. The van der Waals surface area contributed by atoms with Crippen molar-refractivity contribution in [2.75, 3.05) is 24.8 Å². The number of hydrogen-bond acceptors (Lipinski definition) is 4. The quantitative estimate of drug-likeness (QED) is 0.890. The van der Waals surface area contributed by atoms with Crippen LogP contribution in [0.15, 0.2) is 12.3 Å². The monoisotopic (exact) mass is 257 g/mol. The molecule has 1 heterocycles. The highest BCUT2D eigenvalue weighted by Crippen LogP contribution is 2.14. The molecule has 0 aliphatic carbocycles. The van der Waals surface area contributed by atoms with Gasteiger partial charge >= 0.3 is 0 Å². The second-order valence-corrected chi connectivity index (χ2v) is 4.72. The van der Waals surface area contributed by atoms with Gasteiger partial charge in [0.1, 0.15) is 11.6 Å². The van der Waals surface area contributed by atoms with E-state index in [0.29, 0.717) is 0 Å². The fraction of sp³-hybridized carbons (Fsp3) is 0.455. The molecular formula is C11H16FN3OS. The standard InChI is InChI=1S/C11H16FN3OS/c1-7(6-17-3)15(2)11(16)9-4-8(12)5-14-10(9)13/h4-5,7H,6H2,1-3H3,(H2,13,14). The molecule has 2 N–H and O–H groups in total. The Balaban J connectivity index is 2.92. The van der Waals surface area contributed by atoms with E-state index < -0.39 is 5.82 Å². The summed E-state index contributed by atoms with van der Waals surface area (Å²) in [6.07, 6.45) is 2.96. The molecule has 0 bridgehead atoms. The highest BCUT2D eigenvalue weighted by atomic mass is 32.2. The van der Waals surface area contributed by atoms with Gasteiger partial charge in [-0.2, -0.15) is 11.8 Å². The second-order valence-electron chi connectivity index (χ2n) is 3.81. The van der Waals surface area contributed by atoms with Gasteiger partial charge in [-0.1, -0.05) is 0 Å². The van der Waals surface area contributed by atoms with Gasteiger partial charge in [0.05, 0.1) is 11.8 Å². The summed E-state index contributed by atoms with van der Waals surface area (Å²) in [6, 6.07) is 1.17. The minimum absolute atomic E-state index is 0.0552. The van der Waals surface area contributed by atoms with Gasteiger partial charge in [-0.3, -0.25) is 4.79 Å². The topological polar surface area (TPSA) is 59.2 Å². The van der Waals surface area contributed by atoms with Crippen molar-refractivity contribution in [3.63, 3.8) is 0 Å². The Morgan fingerprint density at radius 1 is 1.71 bits per heavy atom. The number of halogens is 1. The van der Waals surface area contributed by atoms with Gasteiger partial charge in [0, 0.05) is 18.8 Å². The van der Waals surface area contributed by atoms with E-state index in [9.17, 15) is 9.18 Å². The molecule has 0 fully saturated rings. The van der Waals surface area contributed by atoms with E-state index in [1.807, 2.05) is 13.2 Å². The number of nitrogens with zero attached hydrogens (tertiary/aromatic N) is 2. The second kappa shape index (κ2) is 5.86. The van der Waals surface area contributed by atoms with E-state index in [-0.39, 0.29) is 23.3 Å². The molecule has 1 atom stereocenters. The summed E-state index contributed by atoms with van der Waals surface area (Å²) in [4.78, 5) is 17.2. The predicted octanol–water partition coefficient (Wildman–Crippen LogP) is 1.63. The van der Waals surface area contributed by atoms with Crippen molar-refractivity contribution < 1.29 is 9.18 Å². The average molecular weight is 257 g/mol. The zero-order chi connectivity index (χ0) is 13.0. The number of hydrogen-bond donors (Lipinski definition) is 1. The average Bonchev–Trinajstić information content (AvgIpc) is 2.30. The number of nitrogens with two attached hydrogens (primary N) is 1. The minimum atomic E-state index is -0.562. The molecule has 17 heavy (non-hydrogen) atoms. The first kappa shape index (κ1) is 13.8. The molecule has 0 aromatic carbocycles. The van der Waals surface area contributed by atoms with Crippen LogP contribution in [0, 0.1) is 5.82 Å². The van der Waals surface area contributed by atoms with Crippen LogP contribution in [0.2, 0.25) is 0 Å². The smallest absolute Gasteiger partial charge is 0.257 e. The Morgan fingerprint density at radius 2 is 2.35 bits per heavy atom. The Labute approximate surface area is 104 Å². The van der Waals surface area contributed by atoms with Crippen LogP contribution in [0.5, 0.6) is 0 Å². The normalized spacial score (nSPS) is 12.2. The summed E-state index contributed by atoms with van der Waals surface area (Å²) >= 11 is 1.64. The molecule has 0 aliphatic heterocycles. The first-order chi connectivity index (χ1) is 7.97. The Kier molecular flexibility index (Phi) is 4.74. The molecule has 0 saturated carbocycles. The number of rotatable bonds is 4. The minimum Gasteiger partial charge on any atom is -0.383 e. The van der Waals surface area contributed by atoms with Gasteiger partial charge < -0.3 is 10.6 Å².